The summed E-state index contributed by atoms with van der Waals surface area (Å²) in [6, 6.07) is 11.1. The summed E-state index contributed by atoms with van der Waals surface area (Å²) in [4.78, 5) is 14.5. The first-order valence-corrected chi connectivity index (χ1v) is 9.46. The van der Waals surface area contributed by atoms with E-state index in [1.807, 2.05) is 30.3 Å². The lowest BCUT2D eigenvalue weighted by Crippen LogP contribution is -2.45. The van der Waals surface area contributed by atoms with Gasteiger partial charge >= 0.3 is 0 Å². The van der Waals surface area contributed by atoms with Gasteiger partial charge in [-0.3, -0.25) is 4.79 Å². The quantitative estimate of drug-likeness (QED) is 0.841. The Morgan fingerprint density at radius 2 is 1.89 bits per heavy atom. The molecule has 28 heavy (non-hydrogen) atoms. The molecule has 2 aromatic rings. The molecule has 2 saturated heterocycles. The van der Waals surface area contributed by atoms with Gasteiger partial charge < -0.3 is 24.4 Å². The summed E-state index contributed by atoms with van der Waals surface area (Å²) in [7, 11) is 1.61. The Bertz CT molecular complexity index is 811. The van der Waals surface area contributed by atoms with Crippen molar-refractivity contribution in [1.82, 2.24) is 15.5 Å². The third kappa shape index (κ3) is 3.93. The van der Waals surface area contributed by atoms with Crippen LogP contribution in [-0.2, 0) is 16.0 Å². The second-order valence-corrected chi connectivity index (χ2v) is 6.87. The summed E-state index contributed by atoms with van der Waals surface area (Å²) in [5.74, 6) is 0.814. The van der Waals surface area contributed by atoms with Crippen molar-refractivity contribution >= 4 is 11.7 Å². The molecule has 0 unspecified atom stereocenters. The molecule has 0 aliphatic carbocycles. The predicted molar refractivity (Wildman–Crippen MR) is 102 cm³/mol. The van der Waals surface area contributed by atoms with E-state index >= 15 is 0 Å². The summed E-state index contributed by atoms with van der Waals surface area (Å²) >= 11 is 0. The number of ether oxygens (including phenoxy) is 3. The number of nitrogens with one attached hydrogen (secondary N) is 1. The van der Waals surface area contributed by atoms with Gasteiger partial charge in [0.2, 0.25) is 0 Å². The fourth-order valence-electron chi connectivity index (χ4n) is 3.59. The van der Waals surface area contributed by atoms with E-state index in [1.165, 1.54) is 0 Å². The van der Waals surface area contributed by atoms with Crippen LogP contribution in [0.3, 0.4) is 0 Å². The summed E-state index contributed by atoms with van der Waals surface area (Å²) in [5.41, 5.74) is 1.19. The van der Waals surface area contributed by atoms with Crippen molar-refractivity contribution < 1.29 is 19.0 Å². The maximum atomic E-state index is 12.4. The average molecular weight is 384 g/mol. The van der Waals surface area contributed by atoms with Crippen molar-refractivity contribution in [2.45, 2.75) is 25.2 Å². The Labute approximate surface area is 163 Å². The minimum Gasteiger partial charge on any atom is -0.496 e. The van der Waals surface area contributed by atoms with Crippen LogP contribution in [-0.4, -0.2) is 55.3 Å². The molecule has 8 heteroatoms. The molecule has 2 aliphatic rings. The van der Waals surface area contributed by atoms with Crippen LogP contribution in [0.2, 0.25) is 0 Å². The Morgan fingerprint density at radius 3 is 2.57 bits per heavy atom. The fraction of sp³-hybridized carbons (Fsp3) is 0.450. The maximum Gasteiger partial charge on any atom is 0.272 e. The second-order valence-electron chi connectivity index (χ2n) is 6.87. The molecule has 0 radical (unpaired) electrons. The van der Waals surface area contributed by atoms with Gasteiger partial charge in [-0.2, -0.15) is 0 Å². The van der Waals surface area contributed by atoms with E-state index in [-0.39, 0.29) is 11.6 Å². The van der Waals surface area contributed by atoms with E-state index in [1.54, 1.807) is 13.2 Å². The lowest BCUT2D eigenvalue weighted by Gasteiger charge is -2.37. The van der Waals surface area contributed by atoms with Crippen LogP contribution in [0.1, 0.15) is 28.9 Å². The number of para-hydroxylation sites is 1. The van der Waals surface area contributed by atoms with Crippen LogP contribution < -0.4 is 15.0 Å². The number of methoxy groups -OCH3 is 1. The summed E-state index contributed by atoms with van der Waals surface area (Å²) in [6.07, 6.45) is 1.60. The molecule has 0 bridgehead atoms. The van der Waals surface area contributed by atoms with Crippen molar-refractivity contribution in [2.75, 3.05) is 38.3 Å². The van der Waals surface area contributed by atoms with Crippen LogP contribution in [0.25, 0.3) is 0 Å². The first-order valence-electron chi connectivity index (χ1n) is 9.46. The van der Waals surface area contributed by atoms with Crippen molar-refractivity contribution in [3.63, 3.8) is 0 Å². The number of hydrogen-bond acceptors (Lipinski definition) is 7. The number of nitrogens with zero attached hydrogens (tertiary/aromatic N) is 3. The first-order chi connectivity index (χ1) is 13.7. The zero-order chi connectivity index (χ0) is 19.4. The maximum absolute atomic E-state index is 12.4. The minimum absolute atomic E-state index is 0.268. The van der Waals surface area contributed by atoms with Gasteiger partial charge in [-0.05, 0) is 18.2 Å². The van der Waals surface area contributed by atoms with Crippen LogP contribution in [0.15, 0.2) is 36.4 Å². The summed E-state index contributed by atoms with van der Waals surface area (Å²) in [5, 5.41) is 11.2. The third-order valence-corrected chi connectivity index (χ3v) is 5.18. The third-order valence-electron chi connectivity index (χ3n) is 5.18. The predicted octanol–water partition coefficient (Wildman–Crippen LogP) is 1.76. The smallest absolute Gasteiger partial charge is 0.272 e. The molecule has 1 aromatic carbocycles. The van der Waals surface area contributed by atoms with E-state index in [0.717, 1.165) is 43.1 Å². The fourth-order valence-corrected chi connectivity index (χ4v) is 3.59. The van der Waals surface area contributed by atoms with Gasteiger partial charge in [-0.15, -0.1) is 10.2 Å². The summed E-state index contributed by atoms with van der Waals surface area (Å²) < 4.78 is 16.8. The second kappa shape index (κ2) is 8.12. The van der Waals surface area contributed by atoms with Crippen molar-refractivity contribution in [2.24, 2.45) is 0 Å². The number of benzene rings is 1. The number of hydrogen-bond donors (Lipinski definition) is 1. The molecule has 0 saturated carbocycles. The zero-order valence-corrected chi connectivity index (χ0v) is 15.9. The Hall–Kier alpha value is -2.71. The minimum atomic E-state index is -0.414. The molecule has 2 aliphatic heterocycles. The lowest BCUT2D eigenvalue weighted by atomic mass is 10.0. The number of anilines is 1. The molecule has 3 heterocycles. The molecule has 2 fully saturated rings. The molecule has 1 spiro atoms. The highest BCUT2D eigenvalue weighted by Crippen LogP contribution is 2.32. The SMILES string of the molecule is COc1ccccc1CNC(=O)c1ccc(N2CCC3(CC2)OCCO3)nn1. The summed E-state index contributed by atoms with van der Waals surface area (Å²) in [6.45, 7) is 3.26. The van der Waals surface area contributed by atoms with E-state index in [4.69, 9.17) is 14.2 Å². The number of rotatable bonds is 5. The van der Waals surface area contributed by atoms with Gasteiger partial charge in [0.15, 0.2) is 17.3 Å². The lowest BCUT2D eigenvalue weighted by molar-refractivity contribution is -0.169. The molecular formula is C20H24N4O4. The standard InChI is InChI=1S/C20H24N4O4/c1-26-17-5-3-2-4-15(17)14-21-19(25)16-6-7-18(23-22-16)24-10-8-20(9-11-24)27-12-13-28-20/h2-7H,8-14H2,1H3,(H,21,25). The highest BCUT2D eigenvalue weighted by Gasteiger charge is 2.40. The zero-order valence-electron chi connectivity index (χ0n) is 15.9. The highest BCUT2D eigenvalue weighted by atomic mass is 16.7. The van der Waals surface area contributed by atoms with Gasteiger partial charge in [0.25, 0.3) is 5.91 Å². The Kier molecular flexibility index (Phi) is 5.40. The largest absolute Gasteiger partial charge is 0.496 e. The molecule has 1 aromatic heterocycles. The molecule has 8 nitrogen and oxygen atoms in total. The van der Waals surface area contributed by atoms with Gasteiger partial charge in [0.05, 0.1) is 20.3 Å². The van der Waals surface area contributed by atoms with Crippen LogP contribution in [0.5, 0.6) is 5.75 Å². The van der Waals surface area contributed by atoms with Gasteiger partial charge in [-0.1, -0.05) is 18.2 Å². The number of amides is 1. The van der Waals surface area contributed by atoms with Crippen LogP contribution in [0.4, 0.5) is 5.82 Å². The van der Waals surface area contributed by atoms with Crippen molar-refractivity contribution in [3.8, 4) is 5.75 Å². The molecule has 0 atom stereocenters. The number of carbonyl (C=O) groups excluding carboxylic acids is 1. The molecule has 1 N–H and O–H groups in total. The average Bonchev–Trinajstić information content (AvgIpc) is 3.21. The molecule has 1 amide bonds. The van der Waals surface area contributed by atoms with Crippen molar-refractivity contribution in [3.05, 3.63) is 47.7 Å². The van der Waals surface area contributed by atoms with E-state index in [0.29, 0.717) is 19.8 Å². The molecule has 148 valence electrons. The molecular weight excluding hydrogens is 360 g/mol. The molecule has 4 rings (SSSR count). The van der Waals surface area contributed by atoms with Crippen molar-refractivity contribution in [1.29, 1.82) is 0 Å². The first kappa shape index (κ1) is 18.6. The number of aromatic nitrogens is 2. The Morgan fingerprint density at radius 1 is 1.14 bits per heavy atom. The van der Waals surface area contributed by atoms with Crippen LogP contribution in [0, 0.1) is 0 Å². The van der Waals surface area contributed by atoms with E-state index in [9.17, 15) is 4.79 Å². The number of piperidine rings is 1. The van der Waals surface area contributed by atoms with E-state index in [2.05, 4.69) is 20.4 Å². The Balaban J connectivity index is 1.33. The monoisotopic (exact) mass is 384 g/mol. The van der Waals surface area contributed by atoms with Gasteiger partial charge in [0.1, 0.15) is 5.75 Å². The van der Waals surface area contributed by atoms with E-state index < -0.39 is 5.79 Å². The topological polar surface area (TPSA) is 85.8 Å². The van der Waals surface area contributed by atoms with Gasteiger partial charge in [0, 0.05) is 38.0 Å². The van der Waals surface area contributed by atoms with Gasteiger partial charge in [-0.25, -0.2) is 0 Å². The highest BCUT2D eigenvalue weighted by molar-refractivity contribution is 5.92. The normalized spacial score (nSPS) is 18.2. The van der Waals surface area contributed by atoms with Crippen LogP contribution >= 0.6 is 0 Å². The number of carbonyl (C=O) groups is 1.